The number of carbonyl (C=O) groups is 3. The van der Waals surface area contributed by atoms with E-state index in [9.17, 15) is 19.5 Å². The molecule has 0 saturated carbocycles. The molecule has 0 atom stereocenters. The van der Waals surface area contributed by atoms with Gasteiger partial charge in [0, 0.05) is 29.7 Å². The molecule has 158 valence electrons. The van der Waals surface area contributed by atoms with Gasteiger partial charge in [-0.1, -0.05) is 12.1 Å². The number of hydrogen-bond acceptors (Lipinski definition) is 6. The second-order valence-corrected chi connectivity index (χ2v) is 7.26. The van der Waals surface area contributed by atoms with Crippen LogP contribution in [0.25, 0.3) is 0 Å². The summed E-state index contributed by atoms with van der Waals surface area (Å²) >= 11 is 0. The highest BCUT2D eigenvalue weighted by Gasteiger charge is 2.31. The highest BCUT2D eigenvalue weighted by molar-refractivity contribution is 6.27. The van der Waals surface area contributed by atoms with E-state index in [2.05, 4.69) is 10.6 Å². The van der Waals surface area contributed by atoms with Crippen LogP contribution in [0, 0.1) is 0 Å². The summed E-state index contributed by atoms with van der Waals surface area (Å²) in [6.07, 6.45) is 3.87. The lowest BCUT2D eigenvalue weighted by molar-refractivity contribution is -0.121. The third kappa shape index (κ3) is 6.24. The topological polar surface area (TPSA) is 122 Å². The molecule has 0 heterocycles. The molecule has 1 aliphatic carbocycles. The Morgan fingerprint density at radius 3 is 2.55 bits per heavy atom. The molecule has 7 heteroatoms. The molecule has 0 aromatic heterocycles. The fraction of sp³-hybridized carbons (Fsp3) is 0.500. The van der Waals surface area contributed by atoms with Crippen LogP contribution in [0.4, 0.5) is 0 Å². The van der Waals surface area contributed by atoms with Gasteiger partial charge in [-0.3, -0.25) is 14.4 Å². The van der Waals surface area contributed by atoms with Crippen LogP contribution in [0.3, 0.4) is 0 Å². The molecule has 1 amide bonds. The van der Waals surface area contributed by atoms with E-state index in [0.717, 1.165) is 25.9 Å². The van der Waals surface area contributed by atoms with E-state index >= 15 is 0 Å². The molecule has 1 aromatic carbocycles. The number of fused-ring (bicyclic) bond motifs is 1. The lowest BCUT2D eigenvalue weighted by Crippen LogP contribution is -2.27. The standard InChI is InChI=1S/C22H31N3O4/c1-15-16(22(29)20-17(21(15)28)8-4-9-18(20)26)7-2-3-10-19(27)25-14-6-13-24-12-5-11-23/h4,8-9,24,26H,2-3,5-7,10-14,23H2,1H3,(H,25,27). The van der Waals surface area contributed by atoms with Gasteiger partial charge in [0.25, 0.3) is 0 Å². The Morgan fingerprint density at radius 1 is 1.03 bits per heavy atom. The number of carbonyl (C=O) groups excluding carboxylic acids is 3. The third-order valence-corrected chi connectivity index (χ3v) is 5.07. The van der Waals surface area contributed by atoms with Gasteiger partial charge in [-0.05, 0) is 64.7 Å². The zero-order valence-electron chi connectivity index (χ0n) is 17.1. The Hall–Kier alpha value is -2.51. The van der Waals surface area contributed by atoms with Crippen molar-refractivity contribution in [3.63, 3.8) is 0 Å². The van der Waals surface area contributed by atoms with Crippen LogP contribution in [0.5, 0.6) is 5.75 Å². The predicted octanol–water partition coefficient (Wildman–Crippen LogP) is 2.09. The van der Waals surface area contributed by atoms with Crippen LogP contribution in [0.15, 0.2) is 29.3 Å². The van der Waals surface area contributed by atoms with Crippen molar-refractivity contribution in [2.45, 2.75) is 45.4 Å². The van der Waals surface area contributed by atoms with Crippen molar-refractivity contribution in [1.29, 1.82) is 0 Å². The lowest BCUT2D eigenvalue weighted by Gasteiger charge is -2.19. The van der Waals surface area contributed by atoms with Crippen molar-refractivity contribution in [3.8, 4) is 5.75 Å². The van der Waals surface area contributed by atoms with E-state index in [-0.39, 0.29) is 34.4 Å². The average Bonchev–Trinajstić information content (AvgIpc) is 2.70. The Balaban J connectivity index is 1.73. The van der Waals surface area contributed by atoms with Gasteiger partial charge in [-0.25, -0.2) is 0 Å². The minimum absolute atomic E-state index is 0.00769. The fourth-order valence-electron chi connectivity index (χ4n) is 3.40. The smallest absolute Gasteiger partial charge is 0.219 e. The van der Waals surface area contributed by atoms with Gasteiger partial charge >= 0.3 is 0 Å². The summed E-state index contributed by atoms with van der Waals surface area (Å²) in [5, 5.41) is 16.1. The molecule has 29 heavy (non-hydrogen) atoms. The normalized spacial score (nSPS) is 13.6. The number of phenolic OH excluding ortho intramolecular Hbond substituents is 1. The van der Waals surface area contributed by atoms with E-state index in [0.29, 0.717) is 49.9 Å². The van der Waals surface area contributed by atoms with Crippen LogP contribution in [-0.2, 0) is 4.79 Å². The average molecular weight is 402 g/mol. The Bertz CT molecular complexity index is 786. The molecule has 1 aromatic rings. The Labute approximate surface area is 171 Å². The summed E-state index contributed by atoms with van der Waals surface area (Å²) in [4.78, 5) is 37.1. The van der Waals surface area contributed by atoms with Crippen LogP contribution in [-0.4, -0.2) is 48.8 Å². The quantitative estimate of drug-likeness (QED) is 0.398. The van der Waals surface area contributed by atoms with Crippen LogP contribution >= 0.6 is 0 Å². The number of nitrogens with one attached hydrogen (secondary N) is 2. The first-order chi connectivity index (χ1) is 14.0. The van der Waals surface area contributed by atoms with Crippen molar-refractivity contribution in [3.05, 3.63) is 40.5 Å². The second-order valence-electron chi connectivity index (χ2n) is 7.26. The number of benzene rings is 1. The summed E-state index contributed by atoms with van der Waals surface area (Å²) in [5.74, 6) is -0.681. The van der Waals surface area contributed by atoms with Crippen LogP contribution in [0.2, 0.25) is 0 Å². The molecule has 0 aliphatic heterocycles. The summed E-state index contributed by atoms with van der Waals surface area (Å²) in [6.45, 7) is 4.69. The number of hydrogen-bond donors (Lipinski definition) is 4. The van der Waals surface area contributed by atoms with Crippen molar-refractivity contribution >= 4 is 17.5 Å². The second kappa shape index (κ2) is 11.5. The van der Waals surface area contributed by atoms with Gasteiger partial charge in [-0.15, -0.1) is 0 Å². The van der Waals surface area contributed by atoms with E-state index in [1.54, 1.807) is 19.1 Å². The van der Waals surface area contributed by atoms with Gasteiger partial charge in [0.1, 0.15) is 5.75 Å². The molecule has 0 radical (unpaired) electrons. The SMILES string of the molecule is CC1=C(CCCCC(=O)NCCCNCCCN)C(=O)c2c(O)cccc2C1=O. The van der Waals surface area contributed by atoms with Gasteiger partial charge in [0.05, 0.1) is 5.56 Å². The van der Waals surface area contributed by atoms with Crippen LogP contribution in [0.1, 0.15) is 66.2 Å². The highest BCUT2D eigenvalue weighted by atomic mass is 16.3. The number of rotatable bonds is 12. The maximum absolute atomic E-state index is 12.7. The number of nitrogens with two attached hydrogens (primary N) is 1. The fourth-order valence-corrected chi connectivity index (χ4v) is 3.40. The van der Waals surface area contributed by atoms with Crippen molar-refractivity contribution in [1.82, 2.24) is 10.6 Å². The molecular weight excluding hydrogens is 370 g/mol. The number of phenols is 1. The van der Waals surface area contributed by atoms with Crippen molar-refractivity contribution in [2.24, 2.45) is 5.73 Å². The first kappa shape index (κ1) is 22.8. The number of Topliss-reactive ketones (excluding diaryl/α,β-unsaturated/α-hetero) is 2. The molecule has 0 saturated heterocycles. The molecular formula is C22H31N3O4. The van der Waals surface area contributed by atoms with E-state index in [1.165, 1.54) is 6.07 Å². The van der Waals surface area contributed by atoms with E-state index in [4.69, 9.17) is 5.73 Å². The largest absolute Gasteiger partial charge is 0.507 e. The van der Waals surface area contributed by atoms with Gasteiger partial charge in [0.15, 0.2) is 11.6 Å². The monoisotopic (exact) mass is 401 g/mol. The molecule has 2 rings (SSSR count). The number of amides is 1. The first-order valence-corrected chi connectivity index (χ1v) is 10.3. The summed E-state index contributed by atoms with van der Waals surface area (Å²) in [5.41, 5.74) is 6.64. The van der Waals surface area contributed by atoms with E-state index in [1.807, 2.05) is 0 Å². The molecule has 0 fully saturated rings. The Kier molecular flexibility index (Phi) is 9.02. The highest BCUT2D eigenvalue weighted by Crippen LogP contribution is 2.33. The molecule has 0 unspecified atom stereocenters. The molecule has 0 spiro atoms. The Morgan fingerprint density at radius 2 is 1.79 bits per heavy atom. The summed E-state index contributed by atoms with van der Waals surface area (Å²) in [7, 11) is 0. The number of unbranched alkanes of at least 4 members (excludes halogenated alkanes) is 1. The maximum Gasteiger partial charge on any atom is 0.219 e. The summed E-state index contributed by atoms with van der Waals surface area (Å²) in [6, 6.07) is 4.54. The zero-order valence-corrected chi connectivity index (χ0v) is 17.1. The van der Waals surface area contributed by atoms with Crippen molar-refractivity contribution in [2.75, 3.05) is 26.2 Å². The zero-order chi connectivity index (χ0) is 21.2. The van der Waals surface area contributed by atoms with Gasteiger partial charge < -0.3 is 21.5 Å². The number of aromatic hydroxyl groups is 1. The lowest BCUT2D eigenvalue weighted by atomic mass is 9.82. The van der Waals surface area contributed by atoms with Gasteiger partial charge in [-0.2, -0.15) is 0 Å². The minimum atomic E-state index is -0.290. The number of ketones is 2. The predicted molar refractivity (Wildman–Crippen MR) is 112 cm³/mol. The summed E-state index contributed by atoms with van der Waals surface area (Å²) < 4.78 is 0. The molecule has 5 N–H and O–H groups in total. The third-order valence-electron chi connectivity index (χ3n) is 5.07. The van der Waals surface area contributed by atoms with Crippen molar-refractivity contribution < 1.29 is 19.5 Å². The van der Waals surface area contributed by atoms with Crippen LogP contribution < -0.4 is 16.4 Å². The van der Waals surface area contributed by atoms with E-state index < -0.39 is 0 Å². The number of allylic oxidation sites excluding steroid dienone is 2. The molecule has 7 nitrogen and oxygen atoms in total. The first-order valence-electron chi connectivity index (χ1n) is 10.3. The molecule has 1 aliphatic rings. The van der Waals surface area contributed by atoms with Gasteiger partial charge in [0.2, 0.25) is 5.91 Å². The maximum atomic E-state index is 12.7. The molecule has 0 bridgehead atoms. The minimum Gasteiger partial charge on any atom is -0.507 e.